The fourth-order valence-corrected chi connectivity index (χ4v) is 2.84. The summed E-state index contributed by atoms with van der Waals surface area (Å²) >= 11 is 0. The molecule has 0 saturated carbocycles. The molecule has 1 aromatic heterocycles. The summed E-state index contributed by atoms with van der Waals surface area (Å²) in [6, 6.07) is 9.77. The number of aromatic nitrogens is 2. The molecule has 1 atom stereocenters. The van der Waals surface area contributed by atoms with Crippen molar-refractivity contribution in [3.63, 3.8) is 0 Å². The number of aryl methyl sites for hydroxylation is 2. The Hall–Kier alpha value is -2.30. The Bertz CT molecular complexity index is 632. The monoisotopic (exact) mass is 299 g/mol. The summed E-state index contributed by atoms with van der Waals surface area (Å²) in [6.45, 7) is 5.29. The summed E-state index contributed by atoms with van der Waals surface area (Å²) in [6.07, 6.45) is 1.37. The Kier molecular flexibility index (Phi) is 4.13. The number of hydrogen-bond acceptors (Lipinski definition) is 3. The van der Waals surface area contributed by atoms with Gasteiger partial charge in [-0.1, -0.05) is 18.2 Å². The minimum Gasteiger partial charge on any atom is -0.489 e. The van der Waals surface area contributed by atoms with E-state index in [4.69, 9.17) is 4.74 Å². The highest BCUT2D eigenvalue weighted by atomic mass is 16.5. The van der Waals surface area contributed by atoms with Crippen molar-refractivity contribution in [3.05, 3.63) is 47.3 Å². The Balaban J connectivity index is 1.57. The maximum absolute atomic E-state index is 12.4. The lowest BCUT2D eigenvalue weighted by atomic mass is 10.1. The summed E-state index contributed by atoms with van der Waals surface area (Å²) in [7, 11) is 0. The molecular weight excluding hydrogens is 278 g/mol. The van der Waals surface area contributed by atoms with Gasteiger partial charge in [-0.2, -0.15) is 5.10 Å². The molecule has 0 aliphatic carbocycles. The fraction of sp³-hybridized carbons (Fsp3) is 0.412. The number of hydrogen-bond donors (Lipinski definition) is 1. The molecule has 2 heterocycles. The topological polar surface area (TPSA) is 58.2 Å². The molecule has 0 bridgehead atoms. The molecule has 1 aliphatic rings. The maximum Gasteiger partial charge on any atom is 0.227 e. The maximum atomic E-state index is 12.4. The molecule has 0 radical (unpaired) electrons. The molecule has 1 fully saturated rings. The highest BCUT2D eigenvalue weighted by molar-refractivity contribution is 5.79. The minimum atomic E-state index is 0.0814. The molecule has 2 aromatic rings. The number of amides is 1. The zero-order valence-corrected chi connectivity index (χ0v) is 13.0. The van der Waals surface area contributed by atoms with Gasteiger partial charge in [0.05, 0.1) is 18.7 Å². The first-order valence-corrected chi connectivity index (χ1v) is 7.63. The number of rotatable bonds is 4. The number of likely N-dealkylation sites (tertiary alicyclic amines) is 1. The Morgan fingerprint density at radius 1 is 1.36 bits per heavy atom. The Labute approximate surface area is 130 Å². The average Bonchev–Trinajstić information content (AvgIpc) is 3.10. The highest BCUT2D eigenvalue weighted by Crippen LogP contribution is 2.19. The van der Waals surface area contributed by atoms with Gasteiger partial charge >= 0.3 is 0 Å². The van der Waals surface area contributed by atoms with Gasteiger partial charge in [-0.25, -0.2) is 0 Å². The third-order valence-corrected chi connectivity index (χ3v) is 4.15. The summed E-state index contributed by atoms with van der Waals surface area (Å²) < 4.78 is 5.93. The first-order valence-electron chi connectivity index (χ1n) is 7.63. The molecule has 5 nitrogen and oxygen atoms in total. The summed E-state index contributed by atoms with van der Waals surface area (Å²) in [5, 5.41) is 7.08. The number of ether oxygens (including phenoxy) is 1. The van der Waals surface area contributed by atoms with E-state index in [1.165, 1.54) is 0 Å². The molecular formula is C17H21N3O2. The summed E-state index contributed by atoms with van der Waals surface area (Å²) in [5.74, 6) is 1.01. The molecule has 116 valence electrons. The van der Waals surface area contributed by atoms with Crippen molar-refractivity contribution in [2.24, 2.45) is 0 Å². The molecule has 0 spiro atoms. The number of H-pyrrole nitrogens is 1. The molecule has 1 amide bonds. The lowest BCUT2D eigenvalue weighted by molar-refractivity contribution is -0.129. The fourth-order valence-electron chi connectivity index (χ4n) is 2.84. The molecule has 1 aromatic carbocycles. The Morgan fingerprint density at radius 2 is 2.14 bits per heavy atom. The lowest BCUT2D eigenvalue weighted by Crippen LogP contribution is -2.32. The molecule has 1 N–H and O–H groups in total. The van der Waals surface area contributed by atoms with Crippen LogP contribution in [-0.4, -0.2) is 40.2 Å². The number of nitrogens with zero attached hydrogens (tertiary/aromatic N) is 2. The van der Waals surface area contributed by atoms with E-state index >= 15 is 0 Å². The molecule has 1 unspecified atom stereocenters. The van der Waals surface area contributed by atoms with E-state index in [0.717, 1.165) is 35.7 Å². The zero-order chi connectivity index (χ0) is 15.5. The van der Waals surface area contributed by atoms with E-state index in [-0.39, 0.29) is 12.0 Å². The molecule has 1 saturated heterocycles. The van der Waals surface area contributed by atoms with Crippen LogP contribution >= 0.6 is 0 Å². The number of benzene rings is 1. The minimum absolute atomic E-state index is 0.0814. The average molecular weight is 299 g/mol. The number of aromatic amines is 1. The van der Waals surface area contributed by atoms with Crippen LogP contribution in [0, 0.1) is 13.8 Å². The van der Waals surface area contributed by atoms with E-state index in [0.29, 0.717) is 13.0 Å². The first kappa shape index (κ1) is 14.6. The van der Waals surface area contributed by atoms with Crippen LogP contribution in [0.15, 0.2) is 30.3 Å². The van der Waals surface area contributed by atoms with Crippen LogP contribution in [0.3, 0.4) is 0 Å². The predicted octanol–water partition coefficient (Wildman–Crippen LogP) is 2.25. The van der Waals surface area contributed by atoms with Crippen LogP contribution in [0.2, 0.25) is 0 Å². The quantitative estimate of drug-likeness (QED) is 0.942. The van der Waals surface area contributed by atoms with Gasteiger partial charge in [0, 0.05) is 24.2 Å². The highest BCUT2D eigenvalue weighted by Gasteiger charge is 2.28. The van der Waals surface area contributed by atoms with Crippen molar-refractivity contribution < 1.29 is 9.53 Å². The molecule has 22 heavy (non-hydrogen) atoms. The van der Waals surface area contributed by atoms with E-state index < -0.39 is 0 Å². The second kappa shape index (κ2) is 6.22. The number of carbonyl (C=O) groups is 1. The smallest absolute Gasteiger partial charge is 0.227 e. The SMILES string of the molecule is Cc1n[nH]c(C)c1CC(=O)N1CCC(Oc2ccccc2)C1. The van der Waals surface area contributed by atoms with E-state index in [1.54, 1.807) is 0 Å². The van der Waals surface area contributed by atoms with Crippen LogP contribution in [0.5, 0.6) is 5.75 Å². The van der Waals surface area contributed by atoms with Crippen LogP contribution in [0.25, 0.3) is 0 Å². The van der Waals surface area contributed by atoms with Gasteiger partial charge in [-0.3, -0.25) is 9.89 Å². The van der Waals surface area contributed by atoms with Gasteiger partial charge in [0.15, 0.2) is 0 Å². The third-order valence-electron chi connectivity index (χ3n) is 4.15. The van der Waals surface area contributed by atoms with Crippen molar-refractivity contribution in [2.45, 2.75) is 32.8 Å². The summed E-state index contributed by atoms with van der Waals surface area (Å²) in [4.78, 5) is 14.3. The number of nitrogens with one attached hydrogen (secondary N) is 1. The number of carbonyl (C=O) groups excluding carboxylic acids is 1. The van der Waals surface area contributed by atoms with Crippen molar-refractivity contribution in [1.82, 2.24) is 15.1 Å². The van der Waals surface area contributed by atoms with Gasteiger partial charge in [0.1, 0.15) is 11.9 Å². The second-order valence-corrected chi connectivity index (χ2v) is 5.77. The van der Waals surface area contributed by atoms with Gasteiger partial charge in [0.25, 0.3) is 0 Å². The van der Waals surface area contributed by atoms with Crippen LogP contribution in [-0.2, 0) is 11.2 Å². The normalized spacial score (nSPS) is 17.7. The van der Waals surface area contributed by atoms with E-state index in [2.05, 4.69) is 10.2 Å². The summed E-state index contributed by atoms with van der Waals surface area (Å²) in [5.41, 5.74) is 2.89. The molecule has 3 rings (SSSR count). The van der Waals surface area contributed by atoms with Crippen molar-refractivity contribution in [1.29, 1.82) is 0 Å². The van der Waals surface area contributed by atoms with Crippen molar-refractivity contribution >= 4 is 5.91 Å². The number of para-hydroxylation sites is 1. The van der Waals surface area contributed by atoms with E-state index in [9.17, 15) is 4.79 Å². The van der Waals surface area contributed by atoms with Crippen molar-refractivity contribution in [3.8, 4) is 5.75 Å². The van der Waals surface area contributed by atoms with Gasteiger partial charge in [-0.15, -0.1) is 0 Å². The largest absolute Gasteiger partial charge is 0.489 e. The van der Waals surface area contributed by atoms with Gasteiger partial charge in [-0.05, 0) is 26.0 Å². The molecule has 5 heteroatoms. The van der Waals surface area contributed by atoms with Gasteiger partial charge < -0.3 is 9.64 Å². The van der Waals surface area contributed by atoms with Crippen molar-refractivity contribution in [2.75, 3.05) is 13.1 Å². The molecule has 1 aliphatic heterocycles. The van der Waals surface area contributed by atoms with Crippen LogP contribution in [0.1, 0.15) is 23.4 Å². The third kappa shape index (κ3) is 3.13. The van der Waals surface area contributed by atoms with Crippen LogP contribution < -0.4 is 4.74 Å². The van der Waals surface area contributed by atoms with Gasteiger partial charge in [0.2, 0.25) is 5.91 Å². The standard InChI is InChI=1S/C17H21N3O2/c1-12-16(13(2)19-18-12)10-17(21)20-9-8-15(11-20)22-14-6-4-3-5-7-14/h3-7,15H,8-11H2,1-2H3,(H,18,19). The van der Waals surface area contributed by atoms with Crippen LogP contribution in [0.4, 0.5) is 0 Å². The zero-order valence-electron chi connectivity index (χ0n) is 13.0. The predicted molar refractivity (Wildman–Crippen MR) is 83.8 cm³/mol. The first-order chi connectivity index (χ1) is 10.6. The lowest BCUT2D eigenvalue weighted by Gasteiger charge is -2.17. The Morgan fingerprint density at radius 3 is 2.82 bits per heavy atom. The second-order valence-electron chi connectivity index (χ2n) is 5.77. The van der Waals surface area contributed by atoms with E-state index in [1.807, 2.05) is 49.1 Å².